The Morgan fingerprint density at radius 2 is 0.982 bits per heavy atom. The molecule has 0 bridgehead atoms. The highest BCUT2D eigenvalue weighted by Crippen LogP contribution is 2.48. The van der Waals surface area contributed by atoms with Crippen LogP contribution in [-0.4, -0.2) is 15.0 Å². The Morgan fingerprint density at radius 3 is 1.73 bits per heavy atom. The summed E-state index contributed by atoms with van der Waals surface area (Å²) in [5.41, 5.74) is 9.34. The van der Waals surface area contributed by atoms with Gasteiger partial charge in [0.25, 0.3) is 0 Å². The molecule has 258 valence electrons. The number of nitrogens with zero attached hydrogens (tertiary/aromatic N) is 3. The van der Waals surface area contributed by atoms with E-state index in [-0.39, 0.29) is 11.8 Å². The van der Waals surface area contributed by atoms with Crippen LogP contribution in [0.25, 0.3) is 95.0 Å². The van der Waals surface area contributed by atoms with Crippen LogP contribution in [-0.2, 0) is 0 Å². The van der Waals surface area contributed by atoms with E-state index < -0.39 is 0 Å². The lowest BCUT2D eigenvalue weighted by molar-refractivity contribution is 0.578. The van der Waals surface area contributed by atoms with Gasteiger partial charge in [-0.1, -0.05) is 158 Å². The van der Waals surface area contributed by atoms with Crippen LogP contribution in [0.4, 0.5) is 0 Å². The van der Waals surface area contributed by atoms with E-state index in [9.17, 15) is 0 Å². The van der Waals surface area contributed by atoms with Gasteiger partial charge in [-0.25, -0.2) is 15.0 Å². The second-order valence-electron chi connectivity index (χ2n) is 14.4. The SMILES string of the molecule is C1=CC2C=Cc3oc4c(-c5nc(-c6ccc7ccccc7c6)nc(-c6ccc7cc(-c8ccccc8)ccc7c6)n5)ccc(-c5ccccc5)c4c3C2C=C1. The number of aromatic nitrogens is 3. The molecule has 0 N–H and O–H groups in total. The number of allylic oxidation sites excluding steroid dienone is 5. The van der Waals surface area contributed by atoms with Gasteiger partial charge in [0.1, 0.15) is 11.3 Å². The Hall–Kier alpha value is -7.17. The average Bonchev–Trinajstić information content (AvgIpc) is 3.66. The minimum atomic E-state index is 0.172. The maximum Gasteiger partial charge on any atom is 0.167 e. The van der Waals surface area contributed by atoms with E-state index in [0.29, 0.717) is 17.5 Å². The largest absolute Gasteiger partial charge is 0.456 e. The van der Waals surface area contributed by atoms with E-state index in [2.05, 4.69) is 182 Å². The molecule has 2 unspecified atom stereocenters. The first-order valence-electron chi connectivity index (χ1n) is 18.8. The highest BCUT2D eigenvalue weighted by Gasteiger charge is 2.32. The van der Waals surface area contributed by atoms with Gasteiger partial charge in [0.15, 0.2) is 17.5 Å². The molecular weight excluding hydrogens is 671 g/mol. The number of hydrogen-bond acceptors (Lipinski definition) is 4. The highest BCUT2D eigenvalue weighted by atomic mass is 16.3. The Bertz CT molecular complexity index is 3050. The number of hydrogen-bond donors (Lipinski definition) is 0. The summed E-state index contributed by atoms with van der Waals surface area (Å²) in [6.07, 6.45) is 13.2. The highest BCUT2D eigenvalue weighted by molar-refractivity contribution is 6.05. The van der Waals surface area contributed by atoms with Gasteiger partial charge < -0.3 is 4.42 Å². The molecule has 2 heterocycles. The van der Waals surface area contributed by atoms with Crippen molar-refractivity contribution in [1.82, 2.24) is 15.0 Å². The molecule has 4 nitrogen and oxygen atoms in total. The summed E-state index contributed by atoms with van der Waals surface area (Å²) < 4.78 is 6.90. The van der Waals surface area contributed by atoms with Crippen molar-refractivity contribution in [3.63, 3.8) is 0 Å². The molecule has 0 amide bonds. The lowest BCUT2D eigenvalue weighted by Crippen LogP contribution is -2.12. The van der Waals surface area contributed by atoms with Crippen molar-refractivity contribution in [1.29, 1.82) is 0 Å². The molecule has 2 atom stereocenters. The molecule has 2 aliphatic carbocycles. The van der Waals surface area contributed by atoms with Crippen LogP contribution < -0.4 is 0 Å². The van der Waals surface area contributed by atoms with Crippen LogP contribution in [0.15, 0.2) is 186 Å². The second kappa shape index (κ2) is 12.8. The molecule has 0 spiro atoms. The first kappa shape index (κ1) is 31.4. The summed E-state index contributed by atoms with van der Waals surface area (Å²) in [6, 6.07) is 53.3. The summed E-state index contributed by atoms with van der Waals surface area (Å²) in [5, 5.41) is 5.68. The van der Waals surface area contributed by atoms with Gasteiger partial charge >= 0.3 is 0 Å². The van der Waals surface area contributed by atoms with Crippen molar-refractivity contribution < 1.29 is 4.42 Å². The molecule has 2 aliphatic rings. The van der Waals surface area contributed by atoms with Crippen molar-refractivity contribution >= 4 is 38.6 Å². The maximum absolute atomic E-state index is 6.90. The minimum Gasteiger partial charge on any atom is -0.456 e. The van der Waals surface area contributed by atoms with Crippen LogP contribution in [0.2, 0.25) is 0 Å². The quantitative estimate of drug-likeness (QED) is 0.179. The Labute approximate surface area is 318 Å². The molecule has 0 fully saturated rings. The zero-order valence-electron chi connectivity index (χ0n) is 29.8. The second-order valence-corrected chi connectivity index (χ2v) is 14.4. The van der Waals surface area contributed by atoms with Gasteiger partial charge in [0.05, 0.1) is 5.56 Å². The van der Waals surface area contributed by atoms with Crippen LogP contribution in [0.3, 0.4) is 0 Å². The summed E-state index contributed by atoms with van der Waals surface area (Å²) in [6.45, 7) is 0. The fourth-order valence-electron chi connectivity index (χ4n) is 8.31. The van der Waals surface area contributed by atoms with Gasteiger partial charge in [0.2, 0.25) is 0 Å². The van der Waals surface area contributed by atoms with Gasteiger partial charge in [-0.2, -0.15) is 0 Å². The fourth-order valence-corrected chi connectivity index (χ4v) is 8.31. The molecule has 0 saturated heterocycles. The molecule has 4 heteroatoms. The van der Waals surface area contributed by atoms with Crippen molar-refractivity contribution in [2.24, 2.45) is 5.92 Å². The van der Waals surface area contributed by atoms with Crippen LogP contribution in [0.1, 0.15) is 17.2 Å². The Kier molecular flexibility index (Phi) is 7.27. The third-order valence-corrected chi connectivity index (χ3v) is 11.1. The molecule has 11 rings (SSSR count). The van der Waals surface area contributed by atoms with E-state index in [1.807, 2.05) is 6.07 Å². The summed E-state index contributed by atoms with van der Waals surface area (Å²) in [5.74, 6) is 3.12. The number of furan rings is 1. The van der Waals surface area contributed by atoms with E-state index in [1.54, 1.807) is 0 Å². The predicted molar refractivity (Wildman–Crippen MR) is 225 cm³/mol. The van der Waals surface area contributed by atoms with Crippen LogP contribution in [0, 0.1) is 5.92 Å². The smallest absolute Gasteiger partial charge is 0.167 e. The first-order valence-corrected chi connectivity index (χ1v) is 18.8. The zero-order valence-corrected chi connectivity index (χ0v) is 29.8. The monoisotopic (exact) mass is 703 g/mol. The van der Waals surface area contributed by atoms with Gasteiger partial charge in [-0.15, -0.1) is 0 Å². The van der Waals surface area contributed by atoms with Gasteiger partial charge in [0, 0.05) is 33.9 Å². The normalized spacial score (nSPS) is 15.8. The molecule has 0 aliphatic heterocycles. The van der Waals surface area contributed by atoms with E-state index in [1.165, 1.54) is 22.1 Å². The summed E-state index contributed by atoms with van der Waals surface area (Å²) >= 11 is 0. The molecule has 9 aromatic rings. The minimum absolute atomic E-state index is 0.172. The fraction of sp³-hybridized carbons (Fsp3) is 0.0392. The van der Waals surface area contributed by atoms with Crippen molar-refractivity contribution in [2.75, 3.05) is 0 Å². The third-order valence-electron chi connectivity index (χ3n) is 11.1. The van der Waals surface area contributed by atoms with Crippen molar-refractivity contribution in [3.05, 3.63) is 193 Å². The Morgan fingerprint density at radius 1 is 0.418 bits per heavy atom. The number of fused-ring (bicyclic) bond motifs is 7. The molecule has 0 radical (unpaired) electrons. The third kappa shape index (κ3) is 5.42. The molecule has 2 aromatic heterocycles. The molecular formula is C51H33N3O. The van der Waals surface area contributed by atoms with E-state index in [0.717, 1.165) is 60.7 Å². The molecule has 55 heavy (non-hydrogen) atoms. The zero-order chi connectivity index (χ0) is 36.3. The summed E-state index contributed by atoms with van der Waals surface area (Å²) in [4.78, 5) is 15.6. The standard InChI is InChI=1S/C51H33N3O/c1-3-11-32(12-4-1)37-20-21-39-31-41(24-22-38(39)29-37)50-52-49(40-23-19-33-13-7-8-17-36(33)30-40)53-51(54-50)44-27-26-43(34-14-5-2-6-15-34)47-46-42-18-10-9-16-35(42)25-28-45(46)55-48(44)47/h1-31,35,42H. The number of benzene rings is 7. The molecule has 7 aromatic carbocycles. The van der Waals surface area contributed by atoms with Gasteiger partial charge in [-0.05, 0) is 74.1 Å². The lowest BCUT2D eigenvalue weighted by Gasteiger charge is -2.25. The average molecular weight is 704 g/mol. The van der Waals surface area contributed by atoms with Crippen LogP contribution in [0.5, 0.6) is 0 Å². The van der Waals surface area contributed by atoms with Gasteiger partial charge in [-0.3, -0.25) is 0 Å². The van der Waals surface area contributed by atoms with Crippen molar-refractivity contribution in [2.45, 2.75) is 5.92 Å². The number of rotatable bonds is 5. The Balaban J connectivity index is 1.13. The van der Waals surface area contributed by atoms with Crippen molar-refractivity contribution in [3.8, 4) is 56.4 Å². The van der Waals surface area contributed by atoms with E-state index >= 15 is 0 Å². The van der Waals surface area contributed by atoms with Crippen LogP contribution >= 0.6 is 0 Å². The first-order chi connectivity index (χ1) is 27.2. The molecule has 0 saturated carbocycles. The van der Waals surface area contributed by atoms with E-state index in [4.69, 9.17) is 19.4 Å². The summed E-state index contributed by atoms with van der Waals surface area (Å²) in [7, 11) is 0. The predicted octanol–water partition coefficient (Wildman–Crippen LogP) is 13.1. The maximum atomic E-state index is 6.90. The lowest BCUT2D eigenvalue weighted by atomic mass is 9.77. The topological polar surface area (TPSA) is 51.8 Å².